The van der Waals surface area contributed by atoms with Gasteiger partial charge in [0.2, 0.25) is 5.96 Å². The smallest absolute Gasteiger partial charge is 0.437 e. The molecule has 0 saturated carbocycles. The normalized spacial score (nSPS) is 16.2. The number of alkyl halides is 6. The summed E-state index contributed by atoms with van der Waals surface area (Å²) in [5, 5.41) is 2.53. The standard InChI is InChI=1S/C37H44F6N4O5/c1-23(44-24(2)29-13-11-20-47(29)31(45-32(48)51-34(3,4)5)46-33(49)52-35(6,7)8)26-16-19-30(28(22-26)37(41,42)43)50-21-10-9-12-25-14-17-27(18-15-25)36(38,39)40/h9,12,14-19,22,29H,1,10-11,13,20-21H2,2-8H3,(H,45,46,48,49)/b12-9+,44-24+/t29-/m0/s1. The van der Waals surface area contributed by atoms with Gasteiger partial charge < -0.3 is 19.1 Å². The van der Waals surface area contributed by atoms with Gasteiger partial charge in [-0.1, -0.05) is 30.9 Å². The molecule has 1 saturated heterocycles. The van der Waals surface area contributed by atoms with Gasteiger partial charge >= 0.3 is 24.5 Å². The molecule has 2 amide bonds. The van der Waals surface area contributed by atoms with Crippen LogP contribution in [-0.2, 0) is 21.8 Å². The lowest BCUT2D eigenvalue weighted by Crippen LogP contribution is -2.50. The van der Waals surface area contributed by atoms with E-state index >= 15 is 0 Å². The van der Waals surface area contributed by atoms with Crippen molar-refractivity contribution in [3.05, 3.63) is 77.4 Å². The summed E-state index contributed by atoms with van der Waals surface area (Å²) in [6, 6.07) is 7.42. The van der Waals surface area contributed by atoms with Gasteiger partial charge in [0, 0.05) is 17.8 Å². The van der Waals surface area contributed by atoms with Gasteiger partial charge in [-0.15, -0.1) is 4.99 Å². The molecule has 52 heavy (non-hydrogen) atoms. The molecule has 9 nitrogen and oxygen atoms in total. The first-order valence-corrected chi connectivity index (χ1v) is 16.4. The molecule has 1 atom stereocenters. The van der Waals surface area contributed by atoms with Crippen molar-refractivity contribution in [3.8, 4) is 5.75 Å². The molecule has 15 heteroatoms. The lowest BCUT2D eigenvalue weighted by molar-refractivity contribution is -0.139. The number of guanidine groups is 1. The molecule has 2 aromatic rings. The predicted molar refractivity (Wildman–Crippen MR) is 187 cm³/mol. The molecule has 0 radical (unpaired) electrons. The van der Waals surface area contributed by atoms with Crippen LogP contribution in [0.1, 0.15) is 90.0 Å². The van der Waals surface area contributed by atoms with Crippen LogP contribution in [0.25, 0.3) is 11.8 Å². The van der Waals surface area contributed by atoms with Gasteiger partial charge in [0.15, 0.2) is 0 Å². The number of likely N-dealkylation sites (tertiary alicyclic amines) is 1. The largest absolute Gasteiger partial charge is 0.493 e. The van der Waals surface area contributed by atoms with Gasteiger partial charge in [0.1, 0.15) is 17.0 Å². The van der Waals surface area contributed by atoms with Gasteiger partial charge in [-0.25, -0.2) is 9.59 Å². The third-order valence-electron chi connectivity index (χ3n) is 7.23. The average molecular weight is 739 g/mol. The van der Waals surface area contributed by atoms with Crippen LogP contribution in [0, 0.1) is 0 Å². The number of benzene rings is 2. The molecular weight excluding hydrogens is 694 g/mol. The number of aliphatic imine (C=N–C) groups is 2. The maximum absolute atomic E-state index is 14.1. The molecule has 0 unspecified atom stereocenters. The van der Waals surface area contributed by atoms with E-state index in [0.29, 0.717) is 30.7 Å². The highest BCUT2D eigenvalue weighted by molar-refractivity contribution is 6.02. The molecule has 1 aliphatic rings. The number of alkyl carbamates (subject to hydrolysis) is 1. The lowest BCUT2D eigenvalue weighted by atomic mass is 10.1. The van der Waals surface area contributed by atoms with Crippen molar-refractivity contribution < 1.29 is 50.1 Å². The molecule has 2 aromatic carbocycles. The zero-order valence-corrected chi connectivity index (χ0v) is 30.2. The molecule has 3 rings (SSSR count). The van der Waals surface area contributed by atoms with Crippen molar-refractivity contribution in [2.75, 3.05) is 13.2 Å². The molecule has 0 spiro atoms. The number of nitrogens with zero attached hydrogens (tertiary/aromatic N) is 3. The van der Waals surface area contributed by atoms with Crippen LogP contribution in [0.3, 0.4) is 0 Å². The van der Waals surface area contributed by atoms with E-state index in [4.69, 9.17) is 14.2 Å². The molecular formula is C37H44F6N4O5. The summed E-state index contributed by atoms with van der Waals surface area (Å²) < 4.78 is 96.8. The van der Waals surface area contributed by atoms with Crippen molar-refractivity contribution in [1.82, 2.24) is 10.2 Å². The van der Waals surface area contributed by atoms with Crippen LogP contribution in [0.4, 0.5) is 35.9 Å². The summed E-state index contributed by atoms with van der Waals surface area (Å²) in [6.45, 7) is 15.8. The van der Waals surface area contributed by atoms with E-state index in [1.54, 1.807) is 65.5 Å². The lowest BCUT2D eigenvalue weighted by Gasteiger charge is -2.29. The van der Waals surface area contributed by atoms with Crippen molar-refractivity contribution in [1.29, 1.82) is 0 Å². The summed E-state index contributed by atoms with van der Waals surface area (Å²) in [5.74, 6) is -0.535. The Morgan fingerprint density at radius 1 is 0.923 bits per heavy atom. The highest BCUT2D eigenvalue weighted by Gasteiger charge is 2.36. The van der Waals surface area contributed by atoms with E-state index in [9.17, 15) is 35.9 Å². The minimum Gasteiger partial charge on any atom is -0.493 e. The van der Waals surface area contributed by atoms with E-state index in [1.807, 2.05) is 0 Å². The molecule has 1 fully saturated rings. The molecule has 0 aliphatic carbocycles. The zero-order chi connectivity index (χ0) is 39.1. The number of nitrogens with one attached hydrogen (secondary N) is 1. The third-order valence-corrected chi connectivity index (χ3v) is 7.23. The Hall–Kier alpha value is -4.82. The summed E-state index contributed by atoms with van der Waals surface area (Å²) in [4.78, 5) is 35.5. The van der Waals surface area contributed by atoms with Gasteiger partial charge in [-0.05, 0) is 104 Å². The summed E-state index contributed by atoms with van der Waals surface area (Å²) in [7, 11) is 0. The minimum atomic E-state index is -4.77. The summed E-state index contributed by atoms with van der Waals surface area (Å²) >= 11 is 0. The maximum Gasteiger partial charge on any atom is 0.437 e. The first-order valence-electron chi connectivity index (χ1n) is 16.4. The summed E-state index contributed by atoms with van der Waals surface area (Å²) in [6.07, 6.45) is -6.55. The second-order valence-electron chi connectivity index (χ2n) is 14.0. The highest BCUT2D eigenvalue weighted by atomic mass is 19.4. The molecule has 0 aromatic heterocycles. The van der Waals surface area contributed by atoms with Gasteiger partial charge in [-0.2, -0.15) is 26.3 Å². The maximum atomic E-state index is 14.1. The Bertz CT molecular complexity index is 1680. The Labute approximate surface area is 299 Å². The van der Waals surface area contributed by atoms with Crippen molar-refractivity contribution >= 4 is 35.6 Å². The van der Waals surface area contributed by atoms with Crippen LogP contribution < -0.4 is 10.1 Å². The van der Waals surface area contributed by atoms with Crippen LogP contribution in [0.15, 0.2) is 65.1 Å². The quantitative estimate of drug-likeness (QED) is 0.125. The number of rotatable bonds is 8. The fraction of sp³-hybridized carbons (Fsp3) is 0.459. The Kier molecular flexibility index (Phi) is 13.3. The number of hydrogen-bond acceptors (Lipinski definition) is 6. The Morgan fingerprint density at radius 2 is 1.56 bits per heavy atom. The molecule has 0 bridgehead atoms. The SMILES string of the molecule is C=C(/N=C(\C)[C@@H]1CCCN1/C(=N/C(=O)OC(C)(C)C)NC(=O)OC(C)(C)C)c1ccc(OCC/C=C/c2ccc(C(F)(F)F)cc2)c(C(F)(F)F)c1. The Morgan fingerprint density at radius 3 is 2.13 bits per heavy atom. The molecule has 1 N–H and O–H groups in total. The predicted octanol–water partition coefficient (Wildman–Crippen LogP) is 9.92. The summed E-state index contributed by atoms with van der Waals surface area (Å²) in [5.41, 5.74) is -2.47. The van der Waals surface area contributed by atoms with Crippen molar-refractivity contribution in [2.45, 2.75) is 97.3 Å². The van der Waals surface area contributed by atoms with Crippen molar-refractivity contribution in [3.63, 3.8) is 0 Å². The number of halogens is 6. The van der Waals surface area contributed by atoms with E-state index in [-0.39, 0.29) is 30.2 Å². The fourth-order valence-corrected chi connectivity index (χ4v) is 5.03. The van der Waals surface area contributed by atoms with E-state index < -0.39 is 58.7 Å². The van der Waals surface area contributed by atoms with Gasteiger partial charge in [0.25, 0.3) is 0 Å². The zero-order valence-electron chi connectivity index (χ0n) is 30.2. The van der Waals surface area contributed by atoms with Crippen LogP contribution in [-0.4, -0.2) is 59.2 Å². The number of hydrogen-bond donors (Lipinski definition) is 1. The second kappa shape index (κ2) is 16.7. The second-order valence-corrected chi connectivity index (χ2v) is 14.0. The highest BCUT2D eigenvalue weighted by Crippen LogP contribution is 2.38. The topological polar surface area (TPSA) is 102 Å². The van der Waals surface area contributed by atoms with Gasteiger partial charge in [-0.3, -0.25) is 10.3 Å². The minimum absolute atomic E-state index is 0.0339. The number of amides is 2. The molecule has 1 heterocycles. The molecule has 1 aliphatic heterocycles. The Balaban J connectivity index is 1.77. The number of carbonyl (C=O) groups excluding carboxylic acids is 2. The van der Waals surface area contributed by atoms with Crippen LogP contribution >= 0.6 is 0 Å². The fourth-order valence-electron chi connectivity index (χ4n) is 5.03. The first kappa shape index (κ1) is 41.6. The third kappa shape index (κ3) is 13.1. The van der Waals surface area contributed by atoms with Crippen molar-refractivity contribution in [2.24, 2.45) is 9.98 Å². The number of carbonyl (C=O) groups is 2. The monoisotopic (exact) mass is 738 g/mol. The van der Waals surface area contributed by atoms with E-state index in [2.05, 4.69) is 21.9 Å². The van der Waals surface area contributed by atoms with Crippen LogP contribution in [0.5, 0.6) is 5.75 Å². The van der Waals surface area contributed by atoms with Gasteiger partial charge in [0.05, 0.1) is 29.5 Å². The number of ether oxygens (including phenoxy) is 3. The first-order chi connectivity index (χ1) is 23.9. The van der Waals surface area contributed by atoms with Crippen LogP contribution in [0.2, 0.25) is 0 Å². The molecule has 284 valence electrons. The van der Waals surface area contributed by atoms with E-state index in [1.165, 1.54) is 24.3 Å². The van der Waals surface area contributed by atoms with E-state index in [0.717, 1.165) is 18.2 Å². The average Bonchev–Trinajstić information content (AvgIpc) is 3.48.